The Balaban J connectivity index is 1.32. The third kappa shape index (κ3) is 3.36. The minimum Gasteiger partial charge on any atom is -0.488 e. The van der Waals surface area contributed by atoms with Gasteiger partial charge in [0.15, 0.2) is 23.0 Å². The molecule has 0 aliphatic carbocycles. The molecule has 0 radical (unpaired) electrons. The average molecular weight is 429 g/mol. The Hall–Kier alpha value is -3.85. The minimum absolute atomic E-state index is 0.371. The van der Waals surface area contributed by atoms with Crippen molar-refractivity contribution in [3.05, 3.63) is 48.9 Å². The molecule has 0 atom stereocenters. The molecule has 0 saturated carbocycles. The molecule has 5 heterocycles. The fourth-order valence-electron chi connectivity index (χ4n) is 4.12. The van der Waals surface area contributed by atoms with E-state index in [2.05, 4.69) is 44.5 Å². The van der Waals surface area contributed by atoms with Crippen LogP contribution >= 0.6 is 0 Å². The zero-order valence-corrected chi connectivity index (χ0v) is 17.5. The Kier molecular flexibility index (Phi) is 4.53. The standard InChI is InChI=1S/C23H23N7O2/c24-21-23-28-18(15-1-3-17(4-2-15)29-6-9-31-10-7-29)13-30(23)14-19(27-21)16-11-20-22(26-12-16)25-5-8-32-20/h1-4,11-14H,5-10H2,(H2,24,27)(H,25,26). The van der Waals surface area contributed by atoms with Crippen molar-refractivity contribution < 1.29 is 9.47 Å². The van der Waals surface area contributed by atoms with Crippen molar-refractivity contribution in [1.82, 2.24) is 19.4 Å². The molecule has 6 rings (SSSR count). The second-order valence-corrected chi connectivity index (χ2v) is 7.86. The number of anilines is 3. The number of morpholine rings is 1. The fourth-order valence-corrected chi connectivity index (χ4v) is 4.12. The Morgan fingerprint density at radius 2 is 1.72 bits per heavy atom. The summed E-state index contributed by atoms with van der Waals surface area (Å²) in [6, 6.07) is 10.4. The highest BCUT2D eigenvalue weighted by Crippen LogP contribution is 2.31. The Labute approximate surface area is 184 Å². The van der Waals surface area contributed by atoms with E-state index in [-0.39, 0.29) is 0 Å². The van der Waals surface area contributed by atoms with Crippen LogP contribution < -0.4 is 20.7 Å². The third-order valence-corrected chi connectivity index (χ3v) is 5.80. The first-order valence-electron chi connectivity index (χ1n) is 10.7. The maximum Gasteiger partial charge on any atom is 0.180 e. The van der Waals surface area contributed by atoms with Gasteiger partial charge in [-0.15, -0.1) is 0 Å². The number of imidazole rings is 1. The van der Waals surface area contributed by atoms with E-state index in [0.29, 0.717) is 23.8 Å². The van der Waals surface area contributed by atoms with Gasteiger partial charge in [0.05, 0.1) is 31.1 Å². The normalized spacial score (nSPS) is 15.8. The summed E-state index contributed by atoms with van der Waals surface area (Å²) in [6.07, 6.45) is 5.67. The number of benzene rings is 1. The van der Waals surface area contributed by atoms with E-state index in [4.69, 9.17) is 20.2 Å². The van der Waals surface area contributed by atoms with Crippen molar-refractivity contribution in [3.8, 4) is 28.3 Å². The van der Waals surface area contributed by atoms with Crippen molar-refractivity contribution in [2.45, 2.75) is 0 Å². The molecule has 1 saturated heterocycles. The monoisotopic (exact) mass is 429 g/mol. The lowest BCUT2D eigenvalue weighted by Crippen LogP contribution is -2.36. The van der Waals surface area contributed by atoms with Gasteiger partial charge < -0.3 is 29.8 Å². The van der Waals surface area contributed by atoms with E-state index in [0.717, 1.165) is 61.2 Å². The molecule has 0 unspecified atom stereocenters. The van der Waals surface area contributed by atoms with E-state index in [9.17, 15) is 0 Å². The first-order valence-corrected chi connectivity index (χ1v) is 10.7. The number of hydrogen-bond acceptors (Lipinski definition) is 8. The van der Waals surface area contributed by atoms with Gasteiger partial charge in [0.2, 0.25) is 0 Å². The number of fused-ring (bicyclic) bond motifs is 2. The van der Waals surface area contributed by atoms with Crippen molar-refractivity contribution in [3.63, 3.8) is 0 Å². The molecule has 2 aliphatic rings. The van der Waals surface area contributed by atoms with Crippen molar-refractivity contribution in [2.75, 3.05) is 55.4 Å². The molecule has 9 heteroatoms. The maximum absolute atomic E-state index is 6.27. The lowest BCUT2D eigenvalue weighted by Gasteiger charge is -2.28. The second-order valence-electron chi connectivity index (χ2n) is 7.86. The molecule has 1 fully saturated rings. The van der Waals surface area contributed by atoms with Crippen LogP contribution in [0.15, 0.2) is 48.9 Å². The Bertz CT molecular complexity index is 1280. The largest absolute Gasteiger partial charge is 0.488 e. The fraction of sp³-hybridized carbons (Fsp3) is 0.261. The van der Waals surface area contributed by atoms with Crippen LogP contribution in [-0.2, 0) is 4.74 Å². The van der Waals surface area contributed by atoms with Gasteiger partial charge in [0.1, 0.15) is 6.61 Å². The van der Waals surface area contributed by atoms with Gasteiger partial charge in [-0.2, -0.15) is 0 Å². The molecular formula is C23H23N7O2. The predicted octanol–water partition coefficient (Wildman–Crippen LogP) is 2.68. The van der Waals surface area contributed by atoms with E-state index >= 15 is 0 Å². The van der Waals surface area contributed by atoms with Crippen molar-refractivity contribution in [1.29, 1.82) is 0 Å². The van der Waals surface area contributed by atoms with E-state index in [1.807, 2.05) is 22.9 Å². The summed E-state index contributed by atoms with van der Waals surface area (Å²) in [4.78, 5) is 16.1. The van der Waals surface area contributed by atoms with Crippen LogP contribution in [0.5, 0.6) is 5.75 Å². The number of pyridine rings is 1. The first-order chi connectivity index (χ1) is 15.7. The number of aromatic nitrogens is 4. The van der Waals surface area contributed by atoms with Crippen LogP contribution in [0.2, 0.25) is 0 Å². The topological polar surface area (TPSA) is 103 Å². The zero-order chi connectivity index (χ0) is 21.5. The molecule has 3 N–H and O–H groups in total. The smallest absolute Gasteiger partial charge is 0.180 e. The number of nitrogens with two attached hydrogens (primary N) is 1. The summed E-state index contributed by atoms with van der Waals surface area (Å²) in [5.74, 6) is 1.84. The summed E-state index contributed by atoms with van der Waals surface area (Å²) in [5.41, 5.74) is 11.5. The molecule has 0 spiro atoms. The number of rotatable bonds is 3. The molecule has 162 valence electrons. The lowest BCUT2D eigenvalue weighted by molar-refractivity contribution is 0.122. The van der Waals surface area contributed by atoms with Crippen LogP contribution in [0.4, 0.5) is 17.3 Å². The molecule has 0 bridgehead atoms. The van der Waals surface area contributed by atoms with E-state index in [1.165, 1.54) is 5.69 Å². The van der Waals surface area contributed by atoms with Crippen LogP contribution in [0.1, 0.15) is 0 Å². The van der Waals surface area contributed by atoms with Gasteiger partial charge in [0.25, 0.3) is 0 Å². The average Bonchev–Trinajstić information content (AvgIpc) is 3.29. The van der Waals surface area contributed by atoms with Gasteiger partial charge in [0, 0.05) is 48.5 Å². The molecule has 4 aromatic rings. The summed E-state index contributed by atoms with van der Waals surface area (Å²) in [6.45, 7) is 4.73. The second kappa shape index (κ2) is 7.69. The van der Waals surface area contributed by atoms with Crippen LogP contribution in [0.3, 0.4) is 0 Å². The number of nitrogen functional groups attached to an aromatic ring is 1. The Morgan fingerprint density at radius 1 is 0.938 bits per heavy atom. The molecular weight excluding hydrogens is 406 g/mol. The highest BCUT2D eigenvalue weighted by Gasteiger charge is 2.16. The molecule has 3 aromatic heterocycles. The SMILES string of the molecule is Nc1nc(-c2cnc3c(c2)OCCN3)cn2cc(-c3ccc(N4CCOCC4)cc3)nc12. The summed E-state index contributed by atoms with van der Waals surface area (Å²) >= 11 is 0. The molecule has 9 nitrogen and oxygen atoms in total. The van der Waals surface area contributed by atoms with E-state index in [1.54, 1.807) is 6.20 Å². The van der Waals surface area contributed by atoms with Gasteiger partial charge in [-0.3, -0.25) is 0 Å². The van der Waals surface area contributed by atoms with Crippen LogP contribution in [-0.4, -0.2) is 58.8 Å². The van der Waals surface area contributed by atoms with Gasteiger partial charge in [-0.25, -0.2) is 15.0 Å². The van der Waals surface area contributed by atoms with Crippen LogP contribution in [0.25, 0.3) is 28.2 Å². The highest BCUT2D eigenvalue weighted by molar-refractivity contribution is 5.73. The number of nitrogens with zero attached hydrogens (tertiary/aromatic N) is 5. The zero-order valence-electron chi connectivity index (χ0n) is 17.5. The molecule has 32 heavy (non-hydrogen) atoms. The highest BCUT2D eigenvalue weighted by atomic mass is 16.5. The van der Waals surface area contributed by atoms with Gasteiger partial charge in [-0.1, -0.05) is 12.1 Å². The third-order valence-electron chi connectivity index (χ3n) is 5.80. The summed E-state index contributed by atoms with van der Waals surface area (Å²) < 4.78 is 13.1. The van der Waals surface area contributed by atoms with Crippen molar-refractivity contribution in [2.24, 2.45) is 0 Å². The summed E-state index contributed by atoms with van der Waals surface area (Å²) in [5, 5.41) is 3.22. The van der Waals surface area contributed by atoms with Gasteiger partial charge >= 0.3 is 0 Å². The molecule has 0 amide bonds. The van der Waals surface area contributed by atoms with Crippen molar-refractivity contribution >= 4 is 23.0 Å². The number of hydrogen-bond donors (Lipinski definition) is 2. The summed E-state index contributed by atoms with van der Waals surface area (Å²) in [7, 11) is 0. The quantitative estimate of drug-likeness (QED) is 0.512. The van der Waals surface area contributed by atoms with E-state index < -0.39 is 0 Å². The van der Waals surface area contributed by atoms with Gasteiger partial charge in [-0.05, 0) is 18.2 Å². The number of ether oxygens (including phenoxy) is 2. The number of nitrogens with one attached hydrogen (secondary N) is 1. The molecule has 2 aliphatic heterocycles. The first kappa shape index (κ1) is 18.9. The maximum atomic E-state index is 6.27. The minimum atomic E-state index is 0.371. The van der Waals surface area contributed by atoms with Crippen LogP contribution in [0, 0.1) is 0 Å². The predicted molar refractivity (Wildman–Crippen MR) is 123 cm³/mol. The Morgan fingerprint density at radius 3 is 2.53 bits per heavy atom. The lowest BCUT2D eigenvalue weighted by atomic mass is 10.1. The molecule has 1 aromatic carbocycles.